The number of pyridine rings is 1. The molecule has 4 heteroatoms. The van der Waals surface area contributed by atoms with Crippen molar-refractivity contribution in [3.63, 3.8) is 0 Å². The van der Waals surface area contributed by atoms with Crippen LogP contribution in [-0.2, 0) is 17.8 Å². The smallest absolute Gasteiger partial charge is 0.339 e. The summed E-state index contributed by atoms with van der Waals surface area (Å²) in [6, 6.07) is 21.3. The van der Waals surface area contributed by atoms with Crippen LogP contribution >= 0.6 is 0 Å². The predicted octanol–water partition coefficient (Wildman–Crippen LogP) is 6.06. The van der Waals surface area contributed by atoms with Crippen LogP contribution in [0.4, 0.5) is 0 Å². The van der Waals surface area contributed by atoms with E-state index in [1.165, 1.54) is 0 Å². The number of rotatable bonds is 4. The molecule has 0 aliphatic heterocycles. The van der Waals surface area contributed by atoms with Crippen molar-refractivity contribution in [3.05, 3.63) is 101 Å². The molecule has 0 bridgehead atoms. The Kier molecular flexibility index (Phi) is 4.89. The molecule has 1 aliphatic rings. The molecule has 4 aromatic rings. The van der Waals surface area contributed by atoms with E-state index in [0.717, 1.165) is 58.3 Å². The van der Waals surface area contributed by atoms with Gasteiger partial charge in [-0.3, -0.25) is 0 Å². The number of carbonyl (C=O) groups is 1. The van der Waals surface area contributed by atoms with E-state index < -0.39 is 0 Å². The van der Waals surface area contributed by atoms with Crippen LogP contribution < -0.4 is 0 Å². The number of esters is 1. The SMILES string of the molecule is O=C(OCc1ccccc1)c1c2c(nc3ccccc13)C(=Cc1ccco1)CCC2. The van der Waals surface area contributed by atoms with Crippen LogP contribution in [0.5, 0.6) is 0 Å². The van der Waals surface area contributed by atoms with Gasteiger partial charge in [-0.2, -0.15) is 0 Å². The third-order valence-electron chi connectivity index (χ3n) is 5.45. The minimum absolute atomic E-state index is 0.250. The summed E-state index contributed by atoms with van der Waals surface area (Å²) in [7, 11) is 0. The Bertz CT molecular complexity index is 1220. The summed E-state index contributed by atoms with van der Waals surface area (Å²) in [6.07, 6.45) is 6.35. The molecule has 0 N–H and O–H groups in total. The summed E-state index contributed by atoms with van der Waals surface area (Å²) in [5.74, 6) is 0.494. The summed E-state index contributed by atoms with van der Waals surface area (Å²) >= 11 is 0. The second kappa shape index (κ2) is 7.99. The van der Waals surface area contributed by atoms with Crippen molar-refractivity contribution in [1.29, 1.82) is 0 Å². The van der Waals surface area contributed by atoms with Crippen LogP contribution in [-0.4, -0.2) is 11.0 Å². The zero-order valence-corrected chi connectivity index (χ0v) is 16.5. The second-order valence-electron chi connectivity index (χ2n) is 7.43. The fourth-order valence-corrected chi connectivity index (χ4v) is 4.05. The number of fused-ring (bicyclic) bond motifs is 2. The molecule has 2 aromatic heterocycles. The lowest BCUT2D eigenvalue weighted by molar-refractivity contribution is 0.0473. The van der Waals surface area contributed by atoms with E-state index in [-0.39, 0.29) is 12.6 Å². The molecule has 1 aliphatic carbocycles. The maximum absolute atomic E-state index is 13.2. The van der Waals surface area contributed by atoms with Gasteiger partial charge in [0.1, 0.15) is 12.4 Å². The first kappa shape index (κ1) is 18.4. The Morgan fingerprint density at radius 3 is 2.67 bits per heavy atom. The molecular weight excluding hydrogens is 374 g/mol. The van der Waals surface area contributed by atoms with Crippen molar-refractivity contribution in [1.82, 2.24) is 4.98 Å². The van der Waals surface area contributed by atoms with Gasteiger partial charge in [0, 0.05) is 5.39 Å². The van der Waals surface area contributed by atoms with Crippen LogP contribution in [0.2, 0.25) is 0 Å². The molecule has 2 heterocycles. The Balaban J connectivity index is 1.59. The first-order valence-electron chi connectivity index (χ1n) is 10.2. The van der Waals surface area contributed by atoms with Gasteiger partial charge in [0.05, 0.1) is 23.0 Å². The first-order valence-corrected chi connectivity index (χ1v) is 10.2. The lowest BCUT2D eigenvalue weighted by Crippen LogP contribution is -2.15. The number of benzene rings is 2. The summed E-state index contributed by atoms with van der Waals surface area (Å²) < 4.78 is 11.2. The van der Waals surface area contributed by atoms with Gasteiger partial charge in [-0.05, 0) is 60.2 Å². The maximum atomic E-state index is 13.2. The Morgan fingerprint density at radius 1 is 1.00 bits per heavy atom. The van der Waals surface area contributed by atoms with Gasteiger partial charge in [-0.1, -0.05) is 48.5 Å². The average molecular weight is 395 g/mol. The summed E-state index contributed by atoms with van der Waals surface area (Å²) in [6.45, 7) is 0.250. The third kappa shape index (κ3) is 3.52. The Morgan fingerprint density at radius 2 is 1.83 bits per heavy atom. The number of hydrogen-bond donors (Lipinski definition) is 0. The van der Waals surface area contributed by atoms with Crippen molar-refractivity contribution < 1.29 is 13.9 Å². The molecule has 0 fully saturated rings. The Hall–Kier alpha value is -3.66. The van der Waals surface area contributed by atoms with E-state index in [0.29, 0.717) is 5.56 Å². The third-order valence-corrected chi connectivity index (χ3v) is 5.45. The van der Waals surface area contributed by atoms with Crippen molar-refractivity contribution in [2.24, 2.45) is 0 Å². The van der Waals surface area contributed by atoms with Gasteiger partial charge in [0.2, 0.25) is 0 Å². The van der Waals surface area contributed by atoms with Crippen molar-refractivity contribution in [2.45, 2.75) is 25.9 Å². The molecule has 2 aromatic carbocycles. The molecule has 0 saturated heterocycles. The molecule has 30 heavy (non-hydrogen) atoms. The summed E-state index contributed by atoms with van der Waals surface area (Å²) in [4.78, 5) is 18.2. The molecule has 0 saturated carbocycles. The lowest BCUT2D eigenvalue weighted by atomic mass is 9.86. The van der Waals surface area contributed by atoms with Gasteiger partial charge >= 0.3 is 5.97 Å². The number of furan rings is 1. The number of allylic oxidation sites excluding steroid dienone is 1. The van der Waals surface area contributed by atoms with E-state index in [4.69, 9.17) is 14.1 Å². The normalized spacial score (nSPS) is 14.6. The average Bonchev–Trinajstić information content (AvgIpc) is 3.30. The van der Waals surface area contributed by atoms with Crippen LogP contribution in [0.1, 0.15) is 45.8 Å². The first-order chi connectivity index (χ1) is 14.8. The minimum atomic E-state index is -0.298. The zero-order valence-electron chi connectivity index (χ0n) is 16.5. The monoisotopic (exact) mass is 395 g/mol. The van der Waals surface area contributed by atoms with Gasteiger partial charge in [-0.15, -0.1) is 0 Å². The topological polar surface area (TPSA) is 52.3 Å². The quantitative estimate of drug-likeness (QED) is 0.394. The molecule has 0 radical (unpaired) electrons. The van der Waals surface area contributed by atoms with Gasteiger partial charge in [0.25, 0.3) is 0 Å². The molecule has 5 rings (SSSR count). The highest BCUT2D eigenvalue weighted by molar-refractivity contribution is 6.06. The van der Waals surface area contributed by atoms with Crippen LogP contribution in [0.3, 0.4) is 0 Å². The predicted molar refractivity (Wildman–Crippen MR) is 117 cm³/mol. The van der Waals surface area contributed by atoms with Crippen molar-refractivity contribution in [2.75, 3.05) is 0 Å². The minimum Gasteiger partial charge on any atom is -0.465 e. The van der Waals surface area contributed by atoms with Gasteiger partial charge in [-0.25, -0.2) is 9.78 Å². The van der Waals surface area contributed by atoms with E-state index in [1.54, 1.807) is 6.26 Å². The molecule has 0 spiro atoms. The number of para-hydroxylation sites is 1. The molecule has 0 atom stereocenters. The van der Waals surface area contributed by atoms with Gasteiger partial charge in [0.15, 0.2) is 0 Å². The fourth-order valence-electron chi connectivity index (χ4n) is 4.05. The number of carbonyl (C=O) groups excluding carboxylic acids is 1. The zero-order chi connectivity index (χ0) is 20.3. The van der Waals surface area contributed by atoms with Crippen molar-refractivity contribution in [3.8, 4) is 0 Å². The molecule has 4 nitrogen and oxygen atoms in total. The number of ether oxygens (including phenoxy) is 1. The van der Waals surface area contributed by atoms with Crippen LogP contribution in [0.15, 0.2) is 77.4 Å². The number of nitrogens with zero attached hydrogens (tertiary/aromatic N) is 1. The van der Waals surface area contributed by atoms with Gasteiger partial charge < -0.3 is 9.15 Å². The van der Waals surface area contributed by atoms with E-state index in [2.05, 4.69) is 0 Å². The van der Waals surface area contributed by atoms with E-state index >= 15 is 0 Å². The second-order valence-corrected chi connectivity index (χ2v) is 7.43. The summed E-state index contributed by atoms with van der Waals surface area (Å²) in [5.41, 5.74) is 5.34. The number of hydrogen-bond acceptors (Lipinski definition) is 4. The molecule has 0 amide bonds. The van der Waals surface area contributed by atoms with E-state index in [9.17, 15) is 4.79 Å². The molecule has 0 unspecified atom stereocenters. The fraction of sp³-hybridized carbons (Fsp3) is 0.154. The summed E-state index contributed by atoms with van der Waals surface area (Å²) in [5, 5.41) is 0.841. The maximum Gasteiger partial charge on any atom is 0.339 e. The number of aromatic nitrogens is 1. The largest absolute Gasteiger partial charge is 0.465 e. The molecular formula is C26H21NO3. The highest BCUT2D eigenvalue weighted by Gasteiger charge is 2.26. The standard InChI is InChI=1S/C26H21NO3/c28-26(30-17-18-8-2-1-3-9-18)24-21-12-4-5-14-23(21)27-25-19(10-6-13-22(24)25)16-20-11-7-15-29-20/h1-5,7-9,11-12,14-16H,6,10,13,17H2. The van der Waals surface area contributed by atoms with Crippen LogP contribution in [0.25, 0.3) is 22.6 Å². The van der Waals surface area contributed by atoms with Crippen molar-refractivity contribution >= 4 is 28.5 Å². The van der Waals surface area contributed by atoms with E-state index in [1.807, 2.05) is 72.8 Å². The highest BCUT2D eigenvalue weighted by atomic mass is 16.5. The molecule has 148 valence electrons. The lowest BCUT2D eigenvalue weighted by Gasteiger charge is -2.22. The van der Waals surface area contributed by atoms with Crippen LogP contribution in [0, 0.1) is 0 Å². The Labute approximate surface area is 174 Å². The highest BCUT2D eigenvalue weighted by Crippen LogP contribution is 2.36.